The van der Waals surface area contributed by atoms with Crippen LogP contribution >= 0.6 is 23.4 Å². The highest BCUT2D eigenvalue weighted by atomic mass is 35.5. The van der Waals surface area contributed by atoms with Gasteiger partial charge in [0.2, 0.25) is 5.95 Å². The summed E-state index contributed by atoms with van der Waals surface area (Å²) in [6.45, 7) is 2.80. The molecule has 2 aromatic rings. The highest BCUT2D eigenvalue weighted by Crippen LogP contribution is 2.28. The average Bonchev–Trinajstić information content (AvgIpc) is 2.32. The van der Waals surface area contributed by atoms with Gasteiger partial charge in [0, 0.05) is 22.5 Å². The summed E-state index contributed by atoms with van der Waals surface area (Å²) in [6, 6.07) is 9.45. The largest absolute Gasteiger partial charge is 0.370 e. The SMILES string of the molecule is CCNc1cc(Sc2ccc(Cl)cc2)nc(N)n1. The van der Waals surface area contributed by atoms with Crippen molar-refractivity contribution in [3.63, 3.8) is 0 Å². The van der Waals surface area contributed by atoms with Crippen molar-refractivity contribution >= 4 is 35.1 Å². The van der Waals surface area contributed by atoms with Gasteiger partial charge in [-0.05, 0) is 31.2 Å². The van der Waals surface area contributed by atoms with E-state index in [1.807, 2.05) is 37.3 Å². The molecule has 1 heterocycles. The van der Waals surface area contributed by atoms with E-state index in [4.69, 9.17) is 17.3 Å². The summed E-state index contributed by atoms with van der Waals surface area (Å²) in [7, 11) is 0. The van der Waals surface area contributed by atoms with Gasteiger partial charge < -0.3 is 11.1 Å². The summed E-state index contributed by atoms with van der Waals surface area (Å²) in [6.07, 6.45) is 0. The number of nitrogen functional groups attached to an aromatic ring is 1. The van der Waals surface area contributed by atoms with Gasteiger partial charge in [-0.3, -0.25) is 0 Å². The summed E-state index contributed by atoms with van der Waals surface area (Å²) in [5.41, 5.74) is 5.67. The molecular weight excluding hydrogens is 268 g/mol. The first-order chi connectivity index (χ1) is 8.67. The predicted octanol–water partition coefficient (Wildman–Crippen LogP) is 3.30. The van der Waals surface area contributed by atoms with E-state index in [-0.39, 0.29) is 5.95 Å². The zero-order valence-corrected chi connectivity index (χ0v) is 11.4. The van der Waals surface area contributed by atoms with Gasteiger partial charge in [-0.1, -0.05) is 23.4 Å². The number of nitrogens with zero attached hydrogens (tertiary/aromatic N) is 2. The molecule has 1 aromatic heterocycles. The lowest BCUT2D eigenvalue weighted by molar-refractivity contribution is 1.04. The number of nitrogens with two attached hydrogens (primary N) is 1. The Morgan fingerprint density at radius 3 is 2.67 bits per heavy atom. The molecule has 0 atom stereocenters. The zero-order valence-electron chi connectivity index (χ0n) is 9.85. The molecule has 4 nitrogen and oxygen atoms in total. The van der Waals surface area contributed by atoms with Crippen LogP contribution in [0.2, 0.25) is 5.02 Å². The van der Waals surface area contributed by atoms with Gasteiger partial charge in [0.1, 0.15) is 10.8 Å². The van der Waals surface area contributed by atoms with Gasteiger partial charge in [0.25, 0.3) is 0 Å². The van der Waals surface area contributed by atoms with Crippen molar-refractivity contribution in [2.75, 3.05) is 17.6 Å². The molecule has 0 aliphatic carbocycles. The molecule has 3 N–H and O–H groups in total. The second kappa shape index (κ2) is 5.93. The maximum Gasteiger partial charge on any atom is 0.223 e. The Morgan fingerprint density at radius 2 is 2.00 bits per heavy atom. The van der Waals surface area contributed by atoms with E-state index in [2.05, 4.69) is 15.3 Å². The second-order valence-corrected chi connectivity index (χ2v) is 5.07. The summed E-state index contributed by atoms with van der Waals surface area (Å²) in [5.74, 6) is 1.01. The highest BCUT2D eigenvalue weighted by Gasteiger charge is 2.04. The fraction of sp³-hybridized carbons (Fsp3) is 0.167. The van der Waals surface area contributed by atoms with Gasteiger partial charge in [0.05, 0.1) is 0 Å². The molecular formula is C12H13ClN4S. The van der Waals surface area contributed by atoms with Crippen molar-refractivity contribution in [2.24, 2.45) is 0 Å². The quantitative estimate of drug-likeness (QED) is 0.842. The van der Waals surface area contributed by atoms with E-state index in [0.29, 0.717) is 0 Å². The Hall–Kier alpha value is -1.46. The normalized spacial score (nSPS) is 10.3. The van der Waals surface area contributed by atoms with Crippen LogP contribution in [-0.2, 0) is 0 Å². The first-order valence-electron chi connectivity index (χ1n) is 5.49. The van der Waals surface area contributed by atoms with Crippen LogP contribution in [0, 0.1) is 0 Å². The van der Waals surface area contributed by atoms with E-state index in [9.17, 15) is 0 Å². The van der Waals surface area contributed by atoms with Gasteiger partial charge >= 0.3 is 0 Å². The first kappa shape index (κ1) is 13.0. The molecule has 0 saturated carbocycles. The van der Waals surface area contributed by atoms with Crippen LogP contribution in [0.1, 0.15) is 6.92 Å². The number of anilines is 2. The van der Waals surface area contributed by atoms with Crippen molar-refractivity contribution in [2.45, 2.75) is 16.8 Å². The molecule has 6 heteroatoms. The number of nitrogens with one attached hydrogen (secondary N) is 1. The number of benzene rings is 1. The van der Waals surface area contributed by atoms with E-state index >= 15 is 0 Å². The van der Waals surface area contributed by atoms with Crippen LogP contribution in [-0.4, -0.2) is 16.5 Å². The van der Waals surface area contributed by atoms with Crippen molar-refractivity contribution < 1.29 is 0 Å². The zero-order chi connectivity index (χ0) is 13.0. The minimum atomic E-state index is 0.268. The second-order valence-electron chi connectivity index (χ2n) is 3.54. The predicted molar refractivity (Wildman–Crippen MR) is 76.2 cm³/mol. The van der Waals surface area contributed by atoms with E-state index in [0.717, 1.165) is 27.3 Å². The number of hydrogen-bond acceptors (Lipinski definition) is 5. The smallest absolute Gasteiger partial charge is 0.223 e. The van der Waals surface area contributed by atoms with E-state index in [1.165, 1.54) is 11.8 Å². The lowest BCUT2D eigenvalue weighted by atomic mass is 10.4. The van der Waals surface area contributed by atoms with Crippen LogP contribution in [0.4, 0.5) is 11.8 Å². The molecule has 0 spiro atoms. The first-order valence-corrected chi connectivity index (χ1v) is 6.68. The van der Waals surface area contributed by atoms with Crippen molar-refractivity contribution in [1.82, 2.24) is 9.97 Å². The summed E-state index contributed by atoms with van der Waals surface area (Å²) in [5, 5.41) is 4.64. The molecule has 2 rings (SSSR count). The van der Waals surface area contributed by atoms with E-state index in [1.54, 1.807) is 0 Å². The van der Waals surface area contributed by atoms with Crippen molar-refractivity contribution in [3.8, 4) is 0 Å². The Kier molecular flexibility index (Phi) is 4.28. The van der Waals surface area contributed by atoms with Gasteiger partial charge in [0.15, 0.2) is 0 Å². The number of aromatic nitrogens is 2. The molecule has 0 bridgehead atoms. The minimum Gasteiger partial charge on any atom is -0.370 e. The maximum atomic E-state index is 5.84. The Morgan fingerprint density at radius 1 is 1.28 bits per heavy atom. The van der Waals surface area contributed by atoms with Crippen LogP contribution in [0.3, 0.4) is 0 Å². The minimum absolute atomic E-state index is 0.268. The lowest BCUT2D eigenvalue weighted by Crippen LogP contribution is -2.03. The van der Waals surface area contributed by atoms with Crippen LogP contribution in [0.25, 0.3) is 0 Å². The number of rotatable bonds is 4. The Labute approximate surface area is 115 Å². The highest BCUT2D eigenvalue weighted by molar-refractivity contribution is 7.99. The number of halogens is 1. The third kappa shape index (κ3) is 3.51. The molecule has 18 heavy (non-hydrogen) atoms. The third-order valence-electron chi connectivity index (χ3n) is 2.11. The molecule has 0 saturated heterocycles. The molecule has 0 unspecified atom stereocenters. The summed E-state index contributed by atoms with van der Waals surface area (Å²) >= 11 is 7.36. The van der Waals surface area contributed by atoms with Crippen molar-refractivity contribution in [3.05, 3.63) is 35.4 Å². The third-order valence-corrected chi connectivity index (χ3v) is 3.29. The molecule has 0 fully saturated rings. The molecule has 0 amide bonds. The molecule has 0 radical (unpaired) electrons. The maximum absolute atomic E-state index is 5.84. The monoisotopic (exact) mass is 280 g/mol. The summed E-state index contributed by atoms with van der Waals surface area (Å²) in [4.78, 5) is 9.35. The van der Waals surface area contributed by atoms with Gasteiger partial charge in [-0.25, -0.2) is 4.98 Å². The molecule has 1 aromatic carbocycles. The summed E-state index contributed by atoms with van der Waals surface area (Å²) < 4.78 is 0. The van der Waals surface area contributed by atoms with Gasteiger partial charge in [-0.15, -0.1) is 0 Å². The Bertz CT molecular complexity index is 530. The van der Waals surface area contributed by atoms with Crippen LogP contribution in [0.15, 0.2) is 40.3 Å². The topological polar surface area (TPSA) is 63.8 Å². The fourth-order valence-electron chi connectivity index (χ4n) is 1.39. The van der Waals surface area contributed by atoms with Crippen LogP contribution in [0.5, 0.6) is 0 Å². The fourth-order valence-corrected chi connectivity index (χ4v) is 2.34. The average molecular weight is 281 g/mol. The molecule has 0 aliphatic rings. The number of hydrogen-bond donors (Lipinski definition) is 2. The lowest BCUT2D eigenvalue weighted by Gasteiger charge is -2.06. The standard InChI is InChI=1S/C12H13ClN4S/c1-2-15-10-7-11(17-12(14)16-10)18-9-5-3-8(13)4-6-9/h3-7H,2H2,1H3,(H3,14,15,16,17). The molecule has 94 valence electrons. The van der Waals surface area contributed by atoms with Crippen LogP contribution < -0.4 is 11.1 Å². The van der Waals surface area contributed by atoms with Gasteiger partial charge in [-0.2, -0.15) is 4.98 Å². The Balaban J connectivity index is 2.20. The van der Waals surface area contributed by atoms with Crippen molar-refractivity contribution in [1.29, 1.82) is 0 Å². The molecule has 0 aliphatic heterocycles. The van der Waals surface area contributed by atoms with E-state index < -0.39 is 0 Å².